The van der Waals surface area contributed by atoms with Crippen LogP contribution in [-0.2, 0) is 16.2 Å². The number of hydrogen-bond acceptors (Lipinski definition) is 6. The van der Waals surface area contributed by atoms with Gasteiger partial charge in [0.25, 0.3) is 0 Å². The summed E-state index contributed by atoms with van der Waals surface area (Å²) in [6.07, 6.45) is -0.542. The van der Waals surface area contributed by atoms with E-state index in [0.717, 1.165) is 6.07 Å². The number of rotatable bonds is 7. The number of amides is 1. The standard InChI is InChI=1S/C21H17Cl2FN4O3S/c22-7-21(29)27-10-15-11-28(32(30)20-4-2-16(23)5-14(20)9-26)12-19(15)31-17-3-1-13(8-25)18(24)6-17/h1-6,15,19H,7,10-12H2,(H,27,29)/t15?,19-,32?/m0/s1. The number of halogens is 3. The van der Waals surface area contributed by atoms with Crippen LogP contribution in [-0.4, -0.2) is 46.4 Å². The van der Waals surface area contributed by atoms with Gasteiger partial charge in [0.2, 0.25) is 5.91 Å². The first-order valence-corrected chi connectivity index (χ1v) is 11.4. The largest absolute Gasteiger partial charge is 0.593 e. The molecule has 166 valence electrons. The molecule has 32 heavy (non-hydrogen) atoms. The van der Waals surface area contributed by atoms with E-state index in [-0.39, 0.29) is 54.2 Å². The predicted molar refractivity (Wildman–Crippen MR) is 117 cm³/mol. The molecule has 0 aliphatic carbocycles. The fourth-order valence-corrected chi connectivity index (χ4v) is 4.91. The molecule has 2 aromatic rings. The number of carbonyl (C=O) groups excluding carboxylic acids is 1. The summed E-state index contributed by atoms with van der Waals surface area (Å²) in [6, 6.07) is 12.2. The summed E-state index contributed by atoms with van der Waals surface area (Å²) in [5.74, 6) is -1.36. The highest BCUT2D eigenvalue weighted by Crippen LogP contribution is 2.30. The van der Waals surface area contributed by atoms with Crippen molar-refractivity contribution in [3.05, 3.63) is 58.4 Å². The van der Waals surface area contributed by atoms with E-state index in [9.17, 15) is 19.0 Å². The first kappa shape index (κ1) is 24.1. The van der Waals surface area contributed by atoms with Crippen molar-refractivity contribution in [1.82, 2.24) is 9.62 Å². The molecule has 1 aliphatic rings. The molecule has 1 saturated heterocycles. The fraction of sp³-hybridized carbons (Fsp3) is 0.286. The van der Waals surface area contributed by atoms with Crippen LogP contribution >= 0.6 is 23.2 Å². The van der Waals surface area contributed by atoms with E-state index in [4.69, 9.17) is 33.2 Å². The molecule has 3 rings (SSSR count). The van der Waals surface area contributed by atoms with Gasteiger partial charge in [-0.1, -0.05) is 11.6 Å². The van der Waals surface area contributed by atoms with Crippen LogP contribution in [0.4, 0.5) is 4.39 Å². The molecule has 1 aliphatic heterocycles. The number of benzene rings is 2. The minimum Gasteiger partial charge on any atom is -0.593 e. The van der Waals surface area contributed by atoms with Gasteiger partial charge in [-0.25, -0.2) is 4.39 Å². The van der Waals surface area contributed by atoms with Crippen molar-refractivity contribution in [2.75, 3.05) is 25.5 Å². The lowest BCUT2D eigenvalue weighted by Crippen LogP contribution is -2.37. The molecule has 0 spiro atoms. The number of nitrogens with zero attached hydrogens (tertiary/aromatic N) is 3. The molecular weight excluding hydrogens is 478 g/mol. The number of hydrogen-bond donors (Lipinski definition) is 1. The van der Waals surface area contributed by atoms with Crippen molar-refractivity contribution in [2.45, 2.75) is 11.0 Å². The average molecular weight is 495 g/mol. The zero-order valence-electron chi connectivity index (χ0n) is 16.6. The van der Waals surface area contributed by atoms with Crippen LogP contribution < -0.4 is 10.1 Å². The Balaban J connectivity index is 1.81. The van der Waals surface area contributed by atoms with Crippen LogP contribution in [0.5, 0.6) is 5.75 Å². The van der Waals surface area contributed by atoms with Crippen LogP contribution in [0.15, 0.2) is 41.3 Å². The van der Waals surface area contributed by atoms with Gasteiger partial charge < -0.3 is 14.6 Å². The highest BCUT2D eigenvalue weighted by Gasteiger charge is 2.42. The van der Waals surface area contributed by atoms with Crippen LogP contribution in [0.2, 0.25) is 5.02 Å². The quantitative estimate of drug-likeness (QED) is 0.467. The smallest absolute Gasteiger partial charge is 0.234 e. The fourth-order valence-electron chi connectivity index (χ4n) is 3.28. The maximum Gasteiger partial charge on any atom is 0.234 e. The van der Waals surface area contributed by atoms with Crippen molar-refractivity contribution in [2.24, 2.45) is 5.92 Å². The number of alkyl halides is 1. The van der Waals surface area contributed by atoms with Gasteiger partial charge in [0.1, 0.15) is 41.3 Å². The Morgan fingerprint density at radius 3 is 2.66 bits per heavy atom. The van der Waals surface area contributed by atoms with E-state index in [2.05, 4.69) is 5.32 Å². The minimum atomic E-state index is -1.69. The molecule has 1 N–H and O–H groups in total. The number of nitriles is 2. The second-order valence-corrected chi connectivity index (χ2v) is 9.11. The lowest BCUT2D eigenvalue weighted by atomic mass is 10.1. The summed E-state index contributed by atoms with van der Waals surface area (Å²) in [4.78, 5) is 11.9. The van der Waals surface area contributed by atoms with Crippen LogP contribution in [0, 0.1) is 34.4 Å². The third kappa shape index (κ3) is 5.63. The second-order valence-electron chi connectivity index (χ2n) is 6.96. The van der Waals surface area contributed by atoms with E-state index in [0.29, 0.717) is 9.92 Å². The monoisotopic (exact) mass is 494 g/mol. The second kappa shape index (κ2) is 10.9. The van der Waals surface area contributed by atoms with Crippen molar-refractivity contribution >= 4 is 40.5 Å². The van der Waals surface area contributed by atoms with Crippen molar-refractivity contribution in [3.63, 3.8) is 0 Å². The highest BCUT2D eigenvalue weighted by atomic mass is 35.5. The predicted octanol–water partition coefficient (Wildman–Crippen LogP) is 2.98. The van der Waals surface area contributed by atoms with Gasteiger partial charge in [0.05, 0.1) is 30.0 Å². The van der Waals surface area contributed by atoms with Crippen molar-refractivity contribution in [1.29, 1.82) is 10.5 Å². The molecule has 3 atom stereocenters. The summed E-state index contributed by atoms with van der Waals surface area (Å²) < 4.78 is 34.7. The molecule has 0 radical (unpaired) electrons. The molecule has 0 saturated carbocycles. The molecule has 2 aromatic carbocycles. The Kier molecular flexibility index (Phi) is 8.19. The first-order chi connectivity index (χ1) is 15.4. The van der Waals surface area contributed by atoms with E-state index >= 15 is 0 Å². The maximum atomic E-state index is 14.0. The van der Waals surface area contributed by atoms with Gasteiger partial charge in [0, 0.05) is 23.6 Å². The van der Waals surface area contributed by atoms with E-state index in [1.807, 2.05) is 6.07 Å². The molecule has 7 nitrogen and oxygen atoms in total. The van der Waals surface area contributed by atoms with Gasteiger partial charge in [-0.15, -0.1) is 15.9 Å². The number of carbonyl (C=O) groups is 1. The Hall–Kier alpha value is -2.53. The summed E-state index contributed by atoms with van der Waals surface area (Å²) in [5, 5.41) is 21.3. The molecule has 1 fully saturated rings. The maximum absolute atomic E-state index is 14.0. The first-order valence-electron chi connectivity index (χ1n) is 9.41. The Morgan fingerprint density at radius 1 is 1.25 bits per heavy atom. The molecule has 0 bridgehead atoms. The summed E-state index contributed by atoms with van der Waals surface area (Å²) in [7, 11) is 0. The van der Waals surface area contributed by atoms with Crippen LogP contribution in [0.3, 0.4) is 0 Å². The Labute approximate surface area is 197 Å². The Bertz CT molecular complexity index is 1090. The summed E-state index contributed by atoms with van der Waals surface area (Å²) >= 11 is 9.79. The van der Waals surface area contributed by atoms with Gasteiger partial charge >= 0.3 is 0 Å². The van der Waals surface area contributed by atoms with Gasteiger partial charge in [-0.2, -0.15) is 10.5 Å². The van der Waals surface area contributed by atoms with E-state index < -0.39 is 23.3 Å². The molecule has 1 amide bonds. The van der Waals surface area contributed by atoms with Crippen molar-refractivity contribution in [3.8, 4) is 17.9 Å². The zero-order chi connectivity index (χ0) is 23.3. The Morgan fingerprint density at radius 2 is 2.00 bits per heavy atom. The van der Waals surface area contributed by atoms with Gasteiger partial charge in [0.15, 0.2) is 4.90 Å². The third-order valence-corrected chi connectivity index (χ3v) is 6.84. The molecular formula is C21H17Cl2FN4O3S. The molecule has 11 heteroatoms. The highest BCUT2D eigenvalue weighted by molar-refractivity contribution is 7.89. The minimum absolute atomic E-state index is 0.107. The summed E-state index contributed by atoms with van der Waals surface area (Å²) in [6.45, 7) is 0.684. The van der Waals surface area contributed by atoms with Gasteiger partial charge in [-0.3, -0.25) is 4.79 Å². The van der Waals surface area contributed by atoms with Crippen molar-refractivity contribution < 1.29 is 18.5 Å². The van der Waals surface area contributed by atoms with Gasteiger partial charge in [-0.05, 0) is 30.3 Å². The zero-order valence-corrected chi connectivity index (χ0v) is 18.9. The molecule has 1 heterocycles. The third-order valence-electron chi connectivity index (χ3n) is 4.86. The lowest BCUT2D eigenvalue weighted by molar-refractivity contribution is -0.118. The van der Waals surface area contributed by atoms with Crippen LogP contribution in [0.25, 0.3) is 0 Å². The topological polar surface area (TPSA) is 112 Å². The SMILES string of the molecule is N#Cc1ccc(O[C@H]2CN([S+]([O-])c3ccc(Cl)cc3C#N)CC2CNC(=O)CCl)cc1F. The molecule has 2 unspecified atom stereocenters. The average Bonchev–Trinajstić information content (AvgIpc) is 3.19. The number of ether oxygens (including phenoxy) is 1. The van der Waals surface area contributed by atoms with E-state index in [1.165, 1.54) is 24.3 Å². The van der Waals surface area contributed by atoms with Crippen LogP contribution in [0.1, 0.15) is 11.1 Å². The van der Waals surface area contributed by atoms with E-state index in [1.54, 1.807) is 16.4 Å². The molecule has 0 aromatic heterocycles. The normalized spacial score (nSPS) is 19.1. The summed E-state index contributed by atoms with van der Waals surface area (Å²) in [5.41, 5.74) is 0.0885. The number of nitrogens with one attached hydrogen (secondary N) is 1. The lowest BCUT2D eigenvalue weighted by Gasteiger charge is -2.20.